The number of amides is 2. The molecule has 1 atom stereocenters. The van der Waals surface area contributed by atoms with Gasteiger partial charge in [0.05, 0.1) is 15.8 Å². The monoisotopic (exact) mass is 359 g/mol. The van der Waals surface area contributed by atoms with Gasteiger partial charge in [-0.3, -0.25) is 14.5 Å². The van der Waals surface area contributed by atoms with Crippen molar-refractivity contribution < 1.29 is 9.59 Å². The number of benzene rings is 2. The van der Waals surface area contributed by atoms with Gasteiger partial charge in [-0.05, 0) is 44.0 Å². The molecule has 0 aliphatic carbocycles. The normalized spacial score (nSPS) is 14.8. The molecule has 24 heavy (non-hydrogen) atoms. The second-order valence-electron chi connectivity index (χ2n) is 5.79. The van der Waals surface area contributed by atoms with Crippen LogP contribution in [0.4, 0.5) is 0 Å². The van der Waals surface area contributed by atoms with E-state index in [1.807, 2.05) is 0 Å². The van der Waals surface area contributed by atoms with Crippen molar-refractivity contribution in [3.05, 3.63) is 65.2 Å². The fourth-order valence-corrected chi connectivity index (χ4v) is 4.01. The number of nitrogens with zero attached hydrogens (tertiary/aromatic N) is 1. The second-order valence-corrected chi connectivity index (χ2v) is 7.85. The Morgan fingerprint density at radius 3 is 2.17 bits per heavy atom. The van der Waals surface area contributed by atoms with E-state index in [4.69, 9.17) is 11.6 Å². The van der Waals surface area contributed by atoms with Gasteiger partial charge in [-0.25, -0.2) is 0 Å². The Morgan fingerprint density at radius 2 is 1.58 bits per heavy atom. The van der Waals surface area contributed by atoms with E-state index in [9.17, 15) is 9.59 Å². The van der Waals surface area contributed by atoms with Crippen molar-refractivity contribution >= 4 is 35.2 Å². The average Bonchev–Trinajstić information content (AvgIpc) is 2.82. The van der Waals surface area contributed by atoms with Gasteiger partial charge >= 0.3 is 0 Å². The Labute approximate surface area is 151 Å². The predicted octanol–water partition coefficient (Wildman–Crippen LogP) is 4.73. The molecule has 0 fully saturated rings. The third-order valence-corrected chi connectivity index (χ3v) is 5.50. The van der Waals surface area contributed by atoms with E-state index in [1.54, 1.807) is 36.0 Å². The van der Waals surface area contributed by atoms with E-state index in [1.165, 1.54) is 10.5 Å². The molecule has 0 radical (unpaired) electrons. The zero-order valence-corrected chi connectivity index (χ0v) is 14.9. The molecular formula is C19H18ClNO2S. The van der Waals surface area contributed by atoms with E-state index < -0.39 is 0 Å². The maximum atomic E-state index is 12.3. The number of imide groups is 1. The number of carbonyl (C=O) groups is 2. The van der Waals surface area contributed by atoms with Gasteiger partial charge in [0.1, 0.15) is 0 Å². The minimum Gasteiger partial charge on any atom is -0.274 e. The molecule has 1 aliphatic rings. The lowest BCUT2D eigenvalue weighted by molar-refractivity contribution is 0.0652. The summed E-state index contributed by atoms with van der Waals surface area (Å²) in [5.41, 5.74) is 2.22. The van der Waals surface area contributed by atoms with Crippen LogP contribution in [-0.4, -0.2) is 28.0 Å². The number of hydrogen-bond donors (Lipinski definition) is 0. The minimum absolute atomic E-state index is 0.0807. The fourth-order valence-electron chi connectivity index (χ4n) is 2.68. The molecule has 0 saturated heterocycles. The zero-order valence-electron chi connectivity index (χ0n) is 13.4. The van der Waals surface area contributed by atoms with Crippen LogP contribution in [0.5, 0.6) is 0 Å². The molecule has 5 heteroatoms. The van der Waals surface area contributed by atoms with Crippen molar-refractivity contribution in [2.45, 2.75) is 29.4 Å². The highest BCUT2D eigenvalue weighted by Crippen LogP contribution is 2.30. The smallest absolute Gasteiger partial charge is 0.261 e. The predicted molar refractivity (Wildman–Crippen MR) is 97.7 cm³/mol. The molecule has 1 unspecified atom stereocenters. The summed E-state index contributed by atoms with van der Waals surface area (Å²) in [4.78, 5) is 27.0. The maximum Gasteiger partial charge on any atom is 0.261 e. The standard InChI is InChI=1S/C19H18ClNO2S/c1-13-8-10-14(11-9-13)24-17(20)7-4-12-21-18(22)15-5-2-3-6-16(15)19(21)23/h2-3,5-6,8-11,17H,4,7,12H2,1H3. The van der Waals surface area contributed by atoms with Crippen LogP contribution in [0.25, 0.3) is 0 Å². The van der Waals surface area contributed by atoms with Crippen LogP contribution < -0.4 is 0 Å². The quantitative estimate of drug-likeness (QED) is 0.425. The van der Waals surface area contributed by atoms with Gasteiger partial charge in [-0.1, -0.05) is 29.8 Å². The molecule has 1 heterocycles. The molecule has 2 aromatic rings. The topological polar surface area (TPSA) is 37.4 Å². The molecule has 3 rings (SSSR count). The molecule has 2 aromatic carbocycles. The lowest BCUT2D eigenvalue weighted by Gasteiger charge is -2.15. The molecule has 0 spiro atoms. The molecule has 2 amide bonds. The van der Waals surface area contributed by atoms with Crippen LogP contribution in [0.1, 0.15) is 39.1 Å². The molecule has 0 aromatic heterocycles. The number of fused-ring (bicyclic) bond motifs is 1. The molecular weight excluding hydrogens is 342 g/mol. The van der Waals surface area contributed by atoms with Gasteiger partial charge in [0.15, 0.2) is 0 Å². The van der Waals surface area contributed by atoms with Crippen LogP contribution in [-0.2, 0) is 0 Å². The molecule has 0 bridgehead atoms. The third-order valence-electron chi connectivity index (χ3n) is 3.98. The van der Waals surface area contributed by atoms with Gasteiger partial charge in [-0.15, -0.1) is 23.4 Å². The van der Waals surface area contributed by atoms with Gasteiger partial charge in [-0.2, -0.15) is 0 Å². The van der Waals surface area contributed by atoms with Crippen molar-refractivity contribution in [3.8, 4) is 0 Å². The molecule has 0 N–H and O–H groups in total. The number of carbonyl (C=O) groups excluding carboxylic acids is 2. The lowest BCUT2D eigenvalue weighted by Crippen LogP contribution is -2.30. The van der Waals surface area contributed by atoms with Crippen molar-refractivity contribution in [3.63, 3.8) is 0 Å². The summed E-state index contributed by atoms with van der Waals surface area (Å²) in [6.45, 7) is 2.46. The van der Waals surface area contributed by atoms with Gasteiger partial charge < -0.3 is 0 Å². The van der Waals surface area contributed by atoms with Crippen molar-refractivity contribution in [1.29, 1.82) is 0 Å². The second kappa shape index (κ2) is 7.41. The first kappa shape index (κ1) is 17.1. The number of rotatable bonds is 6. The van der Waals surface area contributed by atoms with Crippen LogP contribution in [0.15, 0.2) is 53.4 Å². The Hall–Kier alpha value is -1.78. The van der Waals surface area contributed by atoms with Gasteiger partial charge in [0.2, 0.25) is 0 Å². The number of aryl methyl sites for hydroxylation is 1. The summed E-state index contributed by atoms with van der Waals surface area (Å²) in [7, 11) is 0. The largest absolute Gasteiger partial charge is 0.274 e. The molecule has 124 valence electrons. The Kier molecular flexibility index (Phi) is 5.27. The summed E-state index contributed by atoms with van der Waals surface area (Å²) < 4.78 is -0.0807. The number of alkyl halides is 1. The van der Waals surface area contributed by atoms with Crippen LogP contribution >= 0.6 is 23.4 Å². The highest BCUT2D eigenvalue weighted by molar-refractivity contribution is 8.01. The van der Waals surface area contributed by atoms with Crippen molar-refractivity contribution in [1.82, 2.24) is 4.90 Å². The summed E-state index contributed by atoms with van der Waals surface area (Å²) in [6, 6.07) is 15.2. The van der Waals surface area contributed by atoms with Crippen LogP contribution in [0.2, 0.25) is 0 Å². The van der Waals surface area contributed by atoms with Crippen LogP contribution in [0.3, 0.4) is 0 Å². The first-order chi connectivity index (χ1) is 11.6. The molecule has 0 saturated carbocycles. The first-order valence-electron chi connectivity index (χ1n) is 7.89. The maximum absolute atomic E-state index is 12.3. The Bertz CT molecular complexity index is 725. The van der Waals surface area contributed by atoms with E-state index in [0.29, 0.717) is 24.1 Å². The van der Waals surface area contributed by atoms with Crippen molar-refractivity contribution in [2.75, 3.05) is 6.54 Å². The van der Waals surface area contributed by atoms with E-state index in [2.05, 4.69) is 31.2 Å². The lowest BCUT2D eigenvalue weighted by atomic mass is 10.1. The number of halogens is 1. The number of hydrogen-bond acceptors (Lipinski definition) is 3. The van der Waals surface area contributed by atoms with Gasteiger partial charge in [0.25, 0.3) is 11.8 Å². The Balaban J connectivity index is 1.51. The van der Waals surface area contributed by atoms with Crippen LogP contribution in [0, 0.1) is 6.92 Å². The van der Waals surface area contributed by atoms with E-state index >= 15 is 0 Å². The summed E-state index contributed by atoms with van der Waals surface area (Å²) in [5, 5.41) is 0. The van der Waals surface area contributed by atoms with Gasteiger partial charge in [0, 0.05) is 11.4 Å². The third kappa shape index (κ3) is 3.65. The number of thioether (sulfide) groups is 1. The van der Waals surface area contributed by atoms with E-state index in [0.717, 1.165) is 11.3 Å². The fraction of sp³-hybridized carbons (Fsp3) is 0.263. The summed E-state index contributed by atoms with van der Waals surface area (Å²) in [5.74, 6) is -0.402. The highest BCUT2D eigenvalue weighted by Gasteiger charge is 2.34. The molecule has 1 aliphatic heterocycles. The highest BCUT2D eigenvalue weighted by atomic mass is 35.5. The summed E-state index contributed by atoms with van der Waals surface area (Å²) in [6.07, 6.45) is 1.42. The summed E-state index contributed by atoms with van der Waals surface area (Å²) >= 11 is 7.98. The van der Waals surface area contributed by atoms with E-state index in [-0.39, 0.29) is 16.5 Å². The Morgan fingerprint density at radius 1 is 1.00 bits per heavy atom. The molecule has 3 nitrogen and oxygen atoms in total. The zero-order chi connectivity index (χ0) is 17.1. The van der Waals surface area contributed by atoms with Crippen molar-refractivity contribution in [2.24, 2.45) is 0 Å². The SMILES string of the molecule is Cc1ccc(SC(Cl)CCCN2C(=O)c3ccccc3C2=O)cc1. The first-order valence-corrected chi connectivity index (χ1v) is 9.20. The minimum atomic E-state index is -0.201. The average molecular weight is 360 g/mol.